The van der Waals surface area contributed by atoms with Crippen molar-refractivity contribution in [3.63, 3.8) is 0 Å². The Bertz CT molecular complexity index is 191. The van der Waals surface area contributed by atoms with Crippen LogP contribution >= 0.6 is 0 Å². The minimum Gasteiger partial charge on any atom is -0.376 e. The molecule has 1 saturated carbocycles. The van der Waals surface area contributed by atoms with Gasteiger partial charge in [-0.1, -0.05) is 13.8 Å². The molecule has 0 aromatic heterocycles. The fraction of sp³-hybridized carbons (Fsp3) is 1.00. The molecule has 1 N–H and O–H groups in total. The summed E-state index contributed by atoms with van der Waals surface area (Å²) in [6, 6.07) is 0.824. The zero-order valence-electron chi connectivity index (χ0n) is 11.7. The van der Waals surface area contributed by atoms with Gasteiger partial charge in [-0.2, -0.15) is 0 Å². The van der Waals surface area contributed by atoms with E-state index in [9.17, 15) is 0 Å². The number of ether oxygens (including phenoxy) is 1. The van der Waals surface area contributed by atoms with Gasteiger partial charge in [-0.05, 0) is 58.4 Å². The van der Waals surface area contributed by atoms with Crippen molar-refractivity contribution in [2.75, 3.05) is 13.2 Å². The molecular formula is C14H29NO. The van der Waals surface area contributed by atoms with Crippen LogP contribution in [0.1, 0.15) is 53.9 Å². The van der Waals surface area contributed by atoms with Crippen LogP contribution in [0.2, 0.25) is 0 Å². The van der Waals surface area contributed by atoms with Gasteiger partial charge in [-0.15, -0.1) is 0 Å². The van der Waals surface area contributed by atoms with Crippen LogP contribution in [0.15, 0.2) is 0 Å². The smallest absolute Gasteiger partial charge is 0.0598 e. The molecule has 0 aromatic rings. The van der Waals surface area contributed by atoms with Crippen molar-refractivity contribution in [2.45, 2.75) is 65.5 Å². The highest BCUT2D eigenvalue weighted by molar-refractivity contribution is 4.82. The second-order valence-electron chi connectivity index (χ2n) is 6.44. The number of hydrogen-bond donors (Lipinski definition) is 1. The van der Waals surface area contributed by atoms with E-state index in [1.165, 1.54) is 19.3 Å². The number of nitrogens with one attached hydrogen (secondary N) is 1. The van der Waals surface area contributed by atoms with Crippen LogP contribution in [0.3, 0.4) is 0 Å². The van der Waals surface area contributed by atoms with Gasteiger partial charge in [0.05, 0.1) is 5.60 Å². The monoisotopic (exact) mass is 227 g/mol. The Kier molecular flexibility index (Phi) is 5.26. The maximum absolute atomic E-state index is 5.80. The Morgan fingerprint density at radius 1 is 1.25 bits per heavy atom. The van der Waals surface area contributed by atoms with E-state index >= 15 is 0 Å². The summed E-state index contributed by atoms with van der Waals surface area (Å²) >= 11 is 0. The van der Waals surface area contributed by atoms with Gasteiger partial charge < -0.3 is 10.1 Å². The lowest BCUT2D eigenvalue weighted by molar-refractivity contribution is -0.0115. The predicted octanol–water partition coefficient (Wildman–Crippen LogP) is 3.22. The summed E-state index contributed by atoms with van der Waals surface area (Å²) in [6.07, 6.45) is 3.93. The van der Waals surface area contributed by atoms with E-state index in [0.29, 0.717) is 0 Å². The van der Waals surface area contributed by atoms with E-state index in [0.717, 1.165) is 31.0 Å². The predicted molar refractivity (Wildman–Crippen MR) is 69.7 cm³/mol. The Labute approximate surface area is 101 Å². The SMILES string of the molecule is CC(C)C(CCOC(C)(C)C)CNC1CC1. The van der Waals surface area contributed by atoms with Crippen molar-refractivity contribution >= 4 is 0 Å². The summed E-state index contributed by atoms with van der Waals surface area (Å²) in [5.41, 5.74) is 0.00541. The highest BCUT2D eigenvalue weighted by atomic mass is 16.5. The first-order chi connectivity index (χ1) is 7.38. The van der Waals surface area contributed by atoms with Crippen LogP contribution < -0.4 is 5.32 Å². The third kappa shape index (κ3) is 6.49. The minimum absolute atomic E-state index is 0.00541. The Morgan fingerprint density at radius 3 is 2.31 bits per heavy atom. The molecule has 0 amide bonds. The average Bonchev–Trinajstić information content (AvgIpc) is 2.91. The molecule has 0 radical (unpaired) electrons. The van der Waals surface area contributed by atoms with Gasteiger partial charge in [0.1, 0.15) is 0 Å². The zero-order valence-corrected chi connectivity index (χ0v) is 11.7. The quantitative estimate of drug-likeness (QED) is 0.721. The molecule has 2 heteroatoms. The molecule has 0 heterocycles. The van der Waals surface area contributed by atoms with Gasteiger partial charge in [0, 0.05) is 12.6 Å². The van der Waals surface area contributed by atoms with Crippen LogP contribution in [-0.2, 0) is 4.74 Å². The summed E-state index contributed by atoms with van der Waals surface area (Å²) < 4.78 is 5.80. The Balaban J connectivity index is 2.16. The van der Waals surface area contributed by atoms with Gasteiger partial charge in [0.15, 0.2) is 0 Å². The second kappa shape index (κ2) is 6.02. The standard InChI is InChI=1S/C14H29NO/c1-11(2)12(10-15-13-6-7-13)8-9-16-14(3,4)5/h11-13,15H,6-10H2,1-5H3. The molecular weight excluding hydrogens is 198 g/mol. The summed E-state index contributed by atoms with van der Waals surface area (Å²) in [4.78, 5) is 0. The fourth-order valence-electron chi connectivity index (χ4n) is 1.79. The van der Waals surface area contributed by atoms with Gasteiger partial charge >= 0.3 is 0 Å². The van der Waals surface area contributed by atoms with Gasteiger partial charge in [0.25, 0.3) is 0 Å². The van der Waals surface area contributed by atoms with Crippen LogP contribution in [0.25, 0.3) is 0 Å². The summed E-state index contributed by atoms with van der Waals surface area (Å²) in [6.45, 7) is 13.1. The van der Waals surface area contributed by atoms with Gasteiger partial charge in [0.2, 0.25) is 0 Å². The topological polar surface area (TPSA) is 21.3 Å². The lowest BCUT2D eigenvalue weighted by Crippen LogP contribution is -2.30. The third-order valence-corrected chi connectivity index (χ3v) is 3.21. The fourth-order valence-corrected chi connectivity index (χ4v) is 1.79. The molecule has 16 heavy (non-hydrogen) atoms. The molecule has 0 spiro atoms. The first-order valence-corrected chi connectivity index (χ1v) is 6.76. The highest BCUT2D eigenvalue weighted by Gasteiger charge is 2.23. The van der Waals surface area contributed by atoms with Crippen molar-refractivity contribution in [1.29, 1.82) is 0 Å². The largest absolute Gasteiger partial charge is 0.376 e. The third-order valence-electron chi connectivity index (χ3n) is 3.21. The van der Waals surface area contributed by atoms with Crippen molar-refractivity contribution in [2.24, 2.45) is 11.8 Å². The molecule has 1 rings (SSSR count). The molecule has 0 saturated heterocycles. The van der Waals surface area contributed by atoms with Gasteiger partial charge in [-0.3, -0.25) is 0 Å². The van der Waals surface area contributed by atoms with E-state index in [2.05, 4.69) is 39.9 Å². The lowest BCUT2D eigenvalue weighted by atomic mass is 9.92. The molecule has 1 aliphatic carbocycles. The van der Waals surface area contributed by atoms with Crippen LogP contribution in [0.4, 0.5) is 0 Å². The normalized spacial score (nSPS) is 19.1. The maximum atomic E-state index is 5.80. The molecule has 0 bridgehead atoms. The van der Waals surface area contributed by atoms with Crippen molar-refractivity contribution in [3.05, 3.63) is 0 Å². The zero-order chi connectivity index (χ0) is 12.2. The number of hydrogen-bond acceptors (Lipinski definition) is 2. The van der Waals surface area contributed by atoms with Crippen LogP contribution in [-0.4, -0.2) is 24.8 Å². The van der Waals surface area contributed by atoms with Crippen LogP contribution in [0.5, 0.6) is 0 Å². The average molecular weight is 227 g/mol. The van der Waals surface area contributed by atoms with Crippen molar-refractivity contribution in [3.8, 4) is 0 Å². The van der Waals surface area contributed by atoms with E-state index in [4.69, 9.17) is 4.74 Å². The molecule has 1 fully saturated rings. The summed E-state index contributed by atoms with van der Waals surface area (Å²) in [5.74, 6) is 1.50. The first-order valence-electron chi connectivity index (χ1n) is 6.76. The molecule has 0 aromatic carbocycles. The van der Waals surface area contributed by atoms with Crippen LogP contribution in [0, 0.1) is 11.8 Å². The minimum atomic E-state index is 0.00541. The Morgan fingerprint density at radius 2 is 1.88 bits per heavy atom. The van der Waals surface area contributed by atoms with Crippen molar-refractivity contribution in [1.82, 2.24) is 5.32 Å². The molecule has 2 nitrogen and oxygen atoms in total. The molecule has 96 valence electrons. The van der Waals surface area contributed by atoms with E-state index in [1.54, 1.807) is 0 Å². The highest BCUT2D eigenvalue weighted by Crippen LogP contribution is 2.21. The molecule has 1 unspecified atom stereocenters. The van der Waals surface area contributed by atoms with Crippen molar-refractivity contribution < 1.29 is 4.74 Å². The second-order valence-corrected chi connectivity index (χ2v) is 6.44. The maximum Gasteiger partial charge on any atom is 0.0598 e. The summed E-state index contributed by atoms with van der Waals surface area (Å²) in [7, 11) is 0. The molecule has 0 aliphatic heterocycles. The molecule has 1 aliphatic rings. The first kappa shape index (κ1) is 14.0. The molecule has 1 atom stereocenters. The van der Waals surface area contributed by atoms with E-state index in [-0.39, 0.29) is 5.60 Å². The number of rotatable bonds is 7. The Hall–Kier alpha value is -0.0800. The lowest BCUT2D eigenvalue weighted by Gasteiger charge is -2.25. The van der Waals surface area contributed by atoms with E-state index < -0.39 is 0 Å². The summed E-state index contributed by atoms with van der Waals surface area (Å²) in [5, 5.41) is 3.63. The van der Waals surface area contributed by atoms with Gasteiger partial charge in [-0.25, -0.2) is 0 Å². The van der Waals surface area contributed by atoms with E-state index in [1.807, 2.05) is 0 Å².